The van der Waals surface area contributed by atoms with Gasteiger partial charge >= 0.3 is 5.97 Å². The van der Waals surface area contributed by atoms with E-state index in [0.717, 1.165) is 11.1 Å². The van der Waals surface area contributed by atoms with Gasteiger partial charge in [0, 0.05) is 23.3 Å². The molecule has 0 fully saturated rings. The number of halogens is 1. The van der Waals surface area contributed by atoms with Crippen molar-refractivity contribution < 1.29 is 18.3 Å². The van der Waals surface area contributed by atoms with Crippen molar-refractivity contribution in [2.24, 2.45) is 0 Å². The topological polar surface area (TPSA) is 100 Å². The Morgan fingerprint density at radius 3 is 2.36 bits per heavy atom. The number of rotatable bonds is 4. The number of carboxylic acid groups (broad SMARTS) is 1. The van der Waals surface area contributed by atoms with Crippen molar-refractivity contribution in [3.8, 4) is 11.1 Å². The summed E-state index contributed by atoms with van der Waals surface area (Å²) in [4.78, 5) is 18.5. The Hall–Kier alpha value is -2.38. The lowest BCUT2D eigenvalue weighted by atomic mass is 10.1. The summed E-state index contributed by atoms with van der Waals surface area (Å²) in [5.74, 6) is -1.03. The molecule has 8 heteroatoms. The Labute approximate surface area is 151 Å². The zero-order chi connectivity index (χ0) is 17.5. The van der Waals surface area contributed by atoms with Crippen LogP contribution in [-0.4, -0.2) is 34.7 Å². The highest BCUT2D eigenvalue weighted by atomic mass is 35.5. The number of aromatic carboxylic acids is 1. The third kappa shape index (κ3) is 3.38. The van der Waals surface area contributed by atoms with Crippen LogP contribution in [0.25, 0.3) is 22.2 Å². The molecule has 0 saturated heterocycles. The molecule has 0 bridgehead atoms. The van der Waals surface area contributed by atoms with Gasteiger partial charge in [0.2, 0.25) is 0 Å². The Morgan fingerprint density at radius 2 is 1.80 bits per heavy atom. The van der Waals surface area contributed by atoms with Gasteiger partial charge in [-0.1, -0.05) is 12.1 Å². The fraction of sp³-hybridized carbons (Fsp3) is 0.176. The maximum absolute atomic E-state index is 12.2. The van der Waals surface area contributed by atoms with E-state index in [9.17, 15) is 18.3 Å². The van der Waals surface area contributed by atoms with Crippen LogP contribution >= 0.6 is 12.4 Å². The molecule has 2 heterocycles. The first-order valence-corrected chi connectivity index (χ1v) is 8.90. The molecule has 25 heavy (non-hydrogen) atoms. The first-order chi connectivity index (χ1) is 11.3. The molecule has 6 nitrogen and oxygen atoms in total. The maximum atomic E-state index is 12.2. The number of aromatic amines is 1. The highest BCUT2D eigenvalue weighted by Crippen LogP contribution is 2.26. The van der Waals surface area contributed by atoms with E-state index in [4.69, 9.17) is 0 Å². The minimum Gasteiger partial charge on any atom is -0.478 e. The Bertz CT molecular complexity index is 1020. The molecule has 2 N–H and O–H groups in total. The molecule has 0 atom stereocenters. The number of fused-ring (bicyclic) bond motifs is 1. The predicted molar refractivity (Wildman–Crippen MR) is 98.1 cm³/mol. The molecule has 132 valence electrons. The summed E-state index contributed by atoms with van der Waals surface area (Å²) in [7, 11) is -3.32. The number of carboxylic acids is 1. The van der Waals surface area contributed by atoms with Crippen LogP contribution in [0.2, 0.25) is 0 Å². The Morgan fingerprint density at radius 1 is 1.16 bits per heavy atom. The van der Waals surface area contributed by atoms with Gasteiger partial charge in [-0.05, 0) is 37.6 Å². The van der Waals surface area contributed by atoms with E-state index in [-0.39, 0.29) is 22.9 Å². The number of H-pyrrole nitrogens is 1. The molecule has 0 aliphatic carbocycles. The van der Waals surface area contributed by atoms with Crippen LogP contribution in [0.5, 0.6) is 0 Å². The Kier molecular flexibility index (Phi) is 5.20. The number of hydrogen-bond acceptors (Lipinski definition) is 4. The standard InChI is InChI=1S/C17H16N2O4S.ClH/c1-10(2)24(22,23)13-5-3-11(4-6-13)12-7-14-15(17(20)21)9-19-16(14)18-8-12;/h3-10H,1-2H3,(H,18,19)(H,20,21);1H. The van der Waals surface area contributed by atoms with E-state index < -0.39 is 21.1 Å². The lowest BCUT2D eigenvalue weighted by molar-refractivity contribution is 0.0699. The fourth-order valence-electron chi connectivity index (χ4n) is 2.45. The molecule has 0 spiro atoms. The van der Waals surface area contributed by atoms with Crippen LogP contribution in [0, 0.1) is 0 Å². The lowest BCUT2D eigenvalue weighted by Gasteiger charge is -2.09. The lowest BCUT2D eigenvalue weighted by Crippen LogP contribution is -2.13. The molecule has 0 aliphatic rings. The summed E-state index contributed by atoms with van der Waals surface area (Å²) in [6.45, 7) is 3.28. The summed E-state index contributed by atoms with van der Waals surface area (Å²) < 4.78 is 24.3. The van der Waals surface area contributed by atoms with Gasteiger partial charge in [0.15, 0.2) is 9.84 Å². The predicted octanol–water partition coefficient (Wildman–Crippen LogP) is 3.53. The van der Waals surface area contributed by atoms with Crippen LogP contribution in [0.3, 0.4) is 0 Å². The molecule has 0 amide bonds. The number of nitrogens with zero attached hydrogens (tertiary/aromatic N) is 1. The normalized spacial score (nSPS) is 11.5. The first kappa shape index (κ1) is 19.0. The fourth-order valence-corrected chi connectivity index (χ4v) is 3.51. The van der Waals surface area contributed by atoms with Crippen molar-refractivity contribution in [3.63, 3.8) is 0 Å². The van der Waals surface area contributed by atoms with E-state index in [0.29, 0.717) is 11.0 Å². The molecule has 2 aromatic heterocycles. The van der Waals surface area contributed by atoms with Gasteiger partial charge in [0.05, 0.1) is 15.7 Å². The number of sulfone groups is 1. The van der Waals surface area contributed by atoms with Gasteiger partial charge in [-0.3, -0.25) is 0 Å². The zero-order valence-electron chi connectivity index (χ0n) is 13.6. The first-order valence-electron chi connectivity index (χ1n) is 7.35. The third-order valence-electron chi connectivity index (χ3n) is 3.90. The number of benzene rings is 1. The molecule has 0 aliphatic heterocycles. The van der Waals surface area contributed by atoms with Gasteiger partial charge in [-0.15, -0.1) is 12.4 Å². The molecule has 0 radical (unpaired) electrons. The smallest absolute Gasteiger partial charge is 0.337 e. The quantitative estimate of drug-likeness (QED) is 0.721. The minimum absolute atomic E-state index is 0. The summed E-state index contributed by atoms with van der Waals surface area (Å²) in [5, 5.41) is 9.22. The number of pyridine rings is 1. The van der Waals surface area contributed by atoms with Gasteiger partial charge in [-0.25, -0.2) is 18.2 Å². The van der Waals surface area contributed by atoms with Gasteiger partial charge < -0.3 is 10.1 Å². The van der Waals surface area contributed by atoms with E-state index >= 15 is 0 Å². The van der Waals surface area contributed by atoms with Crippen LogP contribution in [0.4, 0.5) is 0 Å². The van der Waals surface area contributed by atoms with E-state index in [1.54, 1.807) is 50.4 Å². The third-order valence-corrected chi connectivity index (χ3v) is 6.07. The molecule has 3 rings (SSSR count). The highest BCUT2D eigenvalue weighted by Gasteiger charge is 2.19. The van der Waals surface area contributed by atoms with Crippen molar-refractivity contribution in [1.82, 2.24) is 9.97 Å². The monoisotopic (exact) mass is 380 g/mol. The molecule has 3 aromatic rings. The van der Waals surface area contributed by atoms with Gasteiger partial charge in [0.25, 0.3) is 0 Å². The zero-order valence-corrected chi connectivity index (χ0v) is 15.2. The molecular formula is C17H17ClN2O4S. The SMILES string of the molecule is CC(C)S(=O)(=O)c1ccc(-c2cnc3[nH]cc(C(=O)O)c3c2)cc1.Cl. The van der Waals surface area contributed by atoms with E-state index in [1.807, 2.05) is 0 Å². The molecular weight excluding hydrogens is 364 g/mol. The largest absolute Gasteiger partial charge is 0.478 e. The minimum atomic E-state index is -3.32. The van der Waals surface area contributed by atoms with Crippen molar-refractivity contribution in [1.29, 1.82) is 0 Å². The van der Waals surface area contributed by atoms with E-state index in [1.165, 1.54) is 6.20 Å². The number of carbonyl (C=O) groups is 1. The average molecular weight is 381 g/mol. The summed E-state index contributed by atoms with van der Waals surface area (Å²) >= 11 is 0. The molecule has 0 unspecified atom stereocenters. The Balaban J connectivity index is 0.00000225. The second-order valence-electron chi connectivity index (χ2n) is 5.75. The summed E-state index contributed by atoms with van der Waals surface area (Å²) in [6, 6.07) is 8.25. The van der Waals surface area contributed by atoms with Crippen LogP contribution in [0.1, 0.15) is 24.2 Å². The average Bonchev–Trinajstić information content (AvgIpc) is 2.98. The number of hydrogen-bond donors (Lipinski definition) is 2. The van der Waals surface area contributed by atoms with Crippen molar-refractivity contribution >= 4 is 39.2 Å². The second-order valence-corrected chi connectivity index (χ2v) is 8.25. The van der Waals surface area contributed by atoms with Crippen LogP contribution in [-0.2, 0) is 9.84 Å². The molecule has 1 aromatic carbocycles. The van der Waals surface area contributed by atoms with Gasteiger partial charge in [0.1, 0.15) is 5.65 Å². The maximum Gasteiger partial charge on any atom is 0.337 e. The number of nitrogens with one attached hydrogen (secondary N) is 1. The van der Waals surface area contributed by atoms with Crippen LogP contribution in [0.15, 0.2) is 47.6 Å². The van der Waals surface area contributed by atoms with E-state index in [2.05, 4.69) is 9.97 Å². The summed E-state index contributed by atoms with van der Waals surface area (Å²) in [5.41, 5.74) is 2.14. The second kappa shape index (κ2) is 6.85. The van der Waals surface area contributed by atoms with Crippen molar-refractivity contribution in [3.05, 3.63) is 48.3 Å². The highest BCUT2D eigenvalue weighted by molar-refractivity contribution is 7.92. The molecule has 0 saturated carbocycles. The van der Waals surface area contributed by atoms with Crippen molar-refractivity contribution in [2.45, 2.75) is 24.0 Å². The van der Waals surface area contributed by atoms with Crippen molar-refractivity contribution in [2.75, 3.05) is 0 Å². The van der Waals surface area contributed by atoms with Gasteiger partial charge in [-0.2, -0.15) is 0 Å². The number of aromatic nitrogens is 2. The van der Waals surface area contributed by atoms with Crippen LogP contribution < -0.4 is 0 Å². The summed E-state index contributed by atoms with van der Waals surface area (Å²) in [6.07, 6.45) is 3.03.